The van der Waals surface area contributed by atoms with Crippen LogP contribution in [-0.2, 0) is 11.3 Å². The highest BCUT2D eigenvalue weighted by atomic mass is 35.5. The number of amides is 1. The molecule has 1 amide bonds. The van der Waals surface area contributed by atoms with Crippen LogP contribution in [0.15, 0.2) is 59.5 Å². The van der Waals surface area contributed by atoms with Crippen molar-refractivity contribution in [3.05, 3.63) is 81.4 Å². The van der Waals surface area contributed by atoms with Gasteiger partial charge in [0.05, 0.1) is 17.6 Å². The molecular weight excluding hydrogens is 390 g/mol. The average Bonchev–Trinajstić information content (AvgIpc) is 3.14. The first kappa shape index (κ1) is 18.9. The van der Waals surface area contributed by atoms with E-state index in [1.165, 1.54) is 4.68 Å². The quantitative estimate of drug-likeness (QED) is 0.561. The highest BCUT2D eigenvalue weighted by molar-refractivity contribution is 6.30. The summed E-state index contributed by atoms with van der Waals surface area (Å²) in [4.78, 5) is 25.5. The number of aryl methyl sites for hydroxylation is 2. The fourth-order valence-corrected chi connectivity index (χ4v) is 3.29. The summed E-state index contributed by atoms with van der Waals surface area (Å²) in [5.41, 5.74) is 2.97. The van der Waals surface area contributed by atoms with Crippen molar-refractivity contribution >= 4 is 34.1 Å². The summed E-state index contributed by atoms with van der Waals surface area (Å²) in [6.07, 6.45) is 1.59. The van der Waals surface area contributed by atoms with E-state index < -0.39 is 5.56 Å². The Bertz CT molecular complexity index is 1270. The molecule has 0 spiro atoms. The van der Waals surface area contributed by atoms with E-state index in [1.54, 1.807) is 31.3 Å². The van der Waals surface area contributed by atoms with E-state index in [2.05, 4.69) is 15.5 Å². The first-order valence-corrected chi connectivity index (χ1v) is 9.38. The maximum Gasteiger partial charge on any atom is 0.293 e. The van der Waals surface area contributed by atoms with Gasteiger partial charge in [0.25, 0.3) is 5.56 Å². The Labute approximate surface area is 171 Å². The number of hydrogen-bond acceptors (Lipinski definition) is 4. The number of nitrogens with zero attached hydrogens (tertiary/aromatic N) is 4. The van der Waals surface area contributed by atoms with E-state index >= 15 is 0 Å². The summed E-state index contributed by atoms with van der Waals surface area (Å²) in [5, 5.41) is 12.6. The molecule has 0 aliphatic rings. The summed E-state index contributed by atoms with van der Waals surface area (Å²) in [7, 11) is 0. The van der Waals surface area contributed by atoms with Crippen molar-refractivity contribution in [2.24, 2.45) is 0 Å². The summed E-state index contributed by atoms with van der Waals surface area (Å²) >= 11 is 6.08. The van der Waals surface area contributed by atoms with Gasteiger partial charge in [-0.1, -0.05) is 35.4 Å². The Morgan fingerprint density at radius 3 is 2.62 bits per heavy atom. The minimum absolute atomic E-state index is 0.204. The van der Waals surface area contributed by atoms with Crippen LogP contribution in [-0.4, -0.2) is 25.5 Å². The summed E-state index contributed by atoms with van der Waals surface area (Å²) in [6.45, 7) is 3.54. The van der Waals surface area contributed by atoms with Gasteiger partial charge in [0.1, 0.15) is 12.1 Å². The van der Waals surface area contributed by atoms with Crippen molar-refractivity contribution in [1.29, 1.82) is 0 Å². The third kappa shape index (κ3) is 3.77. The molecule has 0 radical (unpaired) electrons. The molecule has 0 atom stereocenters. The fourth-order valence-electron chi connectivity index (χ4n) is 3.11. The van der Waals surface area contributed by atoms with Crippen molar-refractivity contribution in [2.75, 3.05) is 5.32 Å². The lowest BCUT2D eigenvalue weighted by atomic mass is 10.2. The molecule has 2 heterocycles. The molecule has 2 aromatic carbocycles. The maximum absolute atomic E-state index is 13.1. The number of benzene rings is 2. The van der Waals surface area contributed by atoms with Crippen molar-refractivity contribution in [1.82, 2.24) is 19.6 Å². The van der Waals surface area contributed by atoms with Gasteiger partial charge in [-0.25, -0.2) is 9.36 Å². The number of hydrogen-bond donors (Lipinski definition) is 1. The zero-order valence-electron chi connectivity index (χ0n) is 15.9. The SMILES string of the molecule is Cc1ccc(NC(=O)Cn2nc(C)c3cnn(-c4cccc(Cl)c4)c3c2=O)cc1. The van der Waals surface area contributed by atoms with Crippen LogP contribution in [0.4, 0.5) is 5.69 Å². The fraction of sp³-hybridized carbons (Fsp3) is 0.143. The average molecular weight is 408 g/mol. The summed E-state index contributed by atoms with van der Waals surface area (Å²) in [6, 6.07) is 14.5. The van der Waals surface area contributed by atoms with Crippen LogP contribution in [0, 0.1) is 13.8 Å². The molecular formula is C21H18ClN5O2. The minimum atomic E-state index is -0.401. The molecule has 0 unspecified atom stereocenters. The van der Waals surface area contributed by atoms with Gasteiger partial charge in [-0.05, 0) is 44.2 Å². The van der Waals surface area contributed by atoms with Crippen molar-refractivity contribution < 1.29 is 4.79 Å². The van der Waals surface area contributed by atoms with Gasteiger partial charge in [0, 0.05) is 16.1 Å². The van der Waals surface area contributed by atoms with Crippen LogP contribution in [0.5, 0.6) is 0 Å². The summed E-state index contributed by atoms with van der Waals surface area (Å²) in [5.74, 6) is -0.337. The highest BCUT2D eigenvalue weighted by Gasteiger charge is 2.17. The smallest absolute Gasteiger partial charge is 0.293 e. The lowest BCUT2D eigenvalue weighted by Crippen LogP contribution is -2.31. The van der Waals surface area contributed by atoms with Gasteiger partial charge in [-0.3, -0.25) is 9.59 Å². The number of carbonyl (C=O) groups is 1. The first-order chi connectivity index (χ1) is 13.9. The van der Waals surface area contributed by atoms with Crippen LogP contribution in [0.25, 0.3) is 16.6 Å². The Kier molecular flexibility index (Phi) is 4.90. The Morgan fingerprint density at radius 2 is 1.90 bits per heavy atom. The Morgan fingerprint density at radius 1 is 1.14 bits per heavy atom. The molecule has 4 aromatic rings. The second-order valence-electron chi connectivity index (χ2n) is 6.76. The minimum Gasteiger partial charge on any atom is -0.324 e. The maximum atomic E-state index is 13.1. The van der Waals surface area contributed by atoms with Gasteiger partial charge in [0.2, 0.25) is 5.91 Å². The lowest BCUT2D eigenvalue weighted by molar-refractivity contribution is -0.117. The molecule has 146 valence electrons. The molecule has 2 aromatic heterocycles. The Hall–Kier alpha value is -3.45. The predicted molar refractivity (Wildman–Crippen MR) is 113 cm³/mol. The number of rotatable bonds is 4. The standard InChI is InChI=1S/C21H18ClN5O2/c1-13-6-8-16(9-7-13)24-19(28)12-26-21(29)20-18(14(2)25-26)11-23-27(20)17-5-3-4-15(22)10-17/h3-11H,12H2,1-2H3,(H,24,28). The van der Waals surface area contributed by atoms with Crippen molar-refractivity contribution in [3.63, 3.8) is 0 Å². The predicted octanol–water partition coefficient (Wildman–Crippen LogP) is 3.49. The molecule has 0 aliphatic heterocycles. The number of nitrogens with one attached hydrogen (secondary N) is 1. The third-order valence-electron chi connectivity index (χ3n) is 4.55. The second-order valence-corrected chi connectivity index (χ2v) is 7.20. The number of carbonyl (C=O) groups excluding carboxylic acids is 1. The summed E-state index contributed by atoms with van der Waals surface area (Å²) < 4.78 is 2.68. The van der Waals surface area contributed by atoms with Crippen LogP contribution >= 0.6 is 11.6 Å². The third-order valence-corrected chi connectivity index (χ3v) is 4.78. The number of halogens is 1. The molecule has 29 heavy (non-hydrogen) atoms. The first-order valence-electron chi connectivity index (χ1n) is 9.00. The topological polar surface area (TPSA) is 81.8 Å². The van der Waals surface area contributed by atoms with Crippen molar-refractivity contribution in [2.45, 2.75) is 20.4 Å². The molecule has 0 saturated heterocycles. The monoisotopic (exact) mass is 407 g/mol. The van der Waals surface area contributed by atoms with Gasteiger partial charge in [0.15, 0.2) is 0 Å². The van der Waals surface area contributed by atoms with Crippen LogP contribution < -0.4 is 10.9 Å². The molecule has 0 bridgehead atoms. The highest BCUT2D eigenvalue weighted by Crippen LogP contribution is 2.19. The van der Waals surface area contributed by atoms with Crippen LogP contribution in [0.3, 0.4) is 0 Å². The molecule has 4 rings (SSSR count). The van der Waals surface area contributed by atoms with Gasteiger partial charge < -0.3 is 5.32 Å². The van der Waals surface area contributed by atoms with E-state index in [1.807, 2.05) is 37.3 Å². The van der Waals surface area contributed by atoms with E-state index in [-0.39, 0.29) is 12.5 Å². The van der Waals surface area contributed by atoms with E-state index in [4.69, 9.17) is 11.6 Å². The molecule has 8 heteroatoms. The largest absolute Gasteiger partial charge is 0.324 e. The van der Waals surface area contributed by atoms with Crippen LogP contribution in [0.2, 0.25) is 5.02 Å². The van der Waals surface area contributed by atoms with Crippen LogP contribution in [0.1, 0.15) is 11.3 Å². The zero-order chi connectivity index (χ0) is 20.5. The molecule has 0 saturated carbocycles. The van der Waals surface area contributed by atoms with E-state index in [9.17, 15) is 9.59 Å². The second kappa shape index (κ2) is 7.52. The van der Waals surface area contributed by atoms with Gasteiger partial charge in [-0.2, -0.15) is 10.2 Å². The molecule has 0 fully saturated rings. The zero-order valence-corrected chi connectivity index (χ0v) is 16.6. The number of aromatic nitrogens is 4. The number of anilines is 1. The van der Waals surface area contributed by atoms with Gasteiger partial charge in [-0.15, -0.1) is 0 Å². The van der Waals surface area contributed by atoms with E-state index in [0.717, 1.165) is 10.2 Å². The van der Waals surface area contributed by atoms with Crippen molar-refractivity contribution in [3.8, 4) is 5.69 Å². The Balaban J connectivity index is 1.71. The number of fused-ring (bicyclic) bond motifs is 1. The van der Waals surface area contributed by atoms with Gasteiger partial charge >= 0.3 is 0 Å². The normalized spacial score (nSPS) is 11.0. The lowest BCUT2D eigenvalue weighted by Gasteiger charge is -2.09. The van der Waals surface area contributed by atoms with E-state index in [0.29, 0.717) is 33.0 Å². The molecule has 0 aliphatic carbocycles. The molecule has 7 nitrogen and oxygen atoms in total. The molecule has 1 N–H and O–H groups in total.